The number of rotatable bonds is 6. The van der Waals surface area contributed by atoms with Gasteiger partial charge in [0.1, 0.15) is 10.8 Å². The quantitative estimate of drug-likeness (QED) is 0.634. The summed E-state index contributed by atoms with van der Waals surface area (Å²) in [5.74, 6) is 0.671. The van der Waals surface area contributed by atoms with Gasteiger partial charge >= 0.3 is 0 Å². The zero-order chi connectivity index (χ0) is 21.8. The van der Waals surface area contributed by atoms with Crippen molar-refractivity contribution in [3.63, 3.8) is 0 Å². The summed E-state index contributed by atoms with van der Waals surface area (Å²) in [7, 11) is 1.62. The molecule has 1 aromatic heterocycles. The molecular weight excluding hydrogens is 410 g/mol. The lowest BCUT2D eigenvalue weighted by molar-refractivity contribution is -0.120. The second kappa shape index (κ2) is 9.22. The van der Waals surface area contributed by atoms with Crippen LogP contribution in [-0.4, -0.2) is 30.5 Å². The van der Waals surface area contributed by atoms with Gasteiger partial charge in [0.2, 0.25) is 5.91 Å². The Kier molecular flexibility index (Phi) is 6.23. The smallest absolute Gasteiger partial charge is 0.261 e. The van der Waals surface area contributed by atoms with Gasteiger partial charge in [0.25, 0.3) is 5.91 Å². The van der Waals surface area contributed by atoms with E-state index in [1.54, 1.807) is 24.3 Å². The molecule has 0 fully saturated rings. The van der Waals surface area contributed by atoms with E-state index in [-0.39, 0.29) is 11.8 Å². The van der Waals surface area contributed by atoms with Crippen molar-refractivity contribution in [3.05, 3.63) is 77.5 Å². The number of nitrogens with zero attached hydrogens (tertiary/aromatic N) is 2. The molecule has 0 saturated heterocycles. The van der Waals surface area contributed by atoms with Crippen LogP contribution in [-0.2, 0) is 17.8 Å². The van der Waals surface area contributed by atoms with Crippen molar-refractivity contribution < 1.29 is 14.3 Å². The first-order valence-corrected chi connectivity index (χ1v) is 10.9. The molecule has 0 saturated carbocycles. The molecule has 0 radical (unpaired) electrons. The van der Waals surface area contributed by atoms with Gasteiger partial charge in [-0.25, -0.2) is 4.98 Å². The minimum atomic E-state index is -0.0508. The molecule has 2 aromatic carbocycles. The minimum Gasteiger partial charge on any atom is -0.497 e. The zero-order valence-electron chi connectivity index (χ0n) is 17.4. The number of methoxy groups -OCH3 is 1. The Bertz CT molecular complexity index is 1120. The van der Waals surface area contributed by atoms with E-state index in [1.807, 2.05) is 55.5 Å². The van der Waals surface area contributed by atoms with E-state index in [4.69, 9.17) is 4.74 Å². The average Bonchev–Trinajstić information content (AvgIpc) is 2.91. The van der Waals surface area contributed by atoms with Crippen LogP contribution in [0.25, 0.3) is 0 Å². The topological polar surface area (TPSA) is 71.5 Å². The number of amides is 2. The Balaban J connectivity index is 1.48. The molecule has 0 bridgehead atoms. The predicted molar refractivity (Wildman–Crippen MR) is 121 cm³/mol. The third-order valence-corrected chi connectivity index (χ3v) is 6.16. The standard InChI is InChI=1S/C24H23N3O3S/c1-3-27-20-11-8-17(13-21(20)31-23-19(24(27)29)5-4-12-25-23)15-26-22(28)14-16-6-9-18(30-2)10-7-16/h4-13H,3,14-15H2,1-2H3,(H,26,28). The highest BCUT2D eigenvalue weighted by Crippen LogP contribution is 2.40. The maximum Gasteiger partial charge on any atom is 0.261 e. The van der Waals surface area contributed by atoms with E-state index in [0.29, 0.717) is 30.1 Å². The van der Waals surface area contributed by atoms with Gasteiger partial charge in [0.15, 0.2) is 0 Å². The van der Waals surface area contributed by atoms with Gasteiger partial charge in [0.05, 0.1) is 24.8 Å². The summed E-state index contributed by atoms with van der Waals surface area (Å²) in [5, 5.41) is 3.68. The molecule has 3 aromatic rings. The number of carbonyl (C=O) groups excluding carboxylic acids is 2. The third kappa shape index (κ3) is 4.56. The van der Waals surface area contributed by atoms with E-state index >= 15 is 0 Å². The molecule has 7 heteroatoms. The largest absolute Gasteiger partial charge is 0.497 e. The maximum absolute atomic E-state index is 13.0. The summed E-state index contributed by atoms with van der Waals surface area (Å²) in [6.45, 7) is 2.94. The number of hydrogen-bond donors (Lipinski definition) is 1. The SMILES string of the molecule is CCN1C(=O)c2cccnc2Sc2cc(CNC(=O)Cc3ccc(OC)cc3)ccc21. The molecular formula is C24H23N3O3S. The Hall–Kier alpha value is -3.32. The third-order valence-electron chi connectivity index (χ3n) is 5.10. The van der Waals surface area contributed by atoms with E-state index in [2.05, 4.69) is 10.3 Å². The van der Waals surface area contributed by atoms with Gasteiger partial charge in [-0.2, -0.15) is 0 Å². The molecule has 1 N–H and O–H groups in total. The van der Waals surface area contributed by atoms with Gasteiger partial charge in [-0.05, 0) is 54.4 Å². The fourth-order valence-corrected chi connectivity index (χ4v) is 4.55. The van der Waals surface area contributed by atoms with Crippen LogP contribution in [0.15, 0.2) is 70.7 Å². The first-order chi connectivity index (χ1) is 15.1. The summed E-state index contributed by atoms with van der Waals surface area (Å²) in [5.41, 5.74) is 3.37. The molecule has 2 amide bonds. The Morgan fingerprint density at radius 2 is 1.90 bits per heavy atom. The van der Waals surface area contributed by atoms with Gasteiger partial charge in [-0.1, -0.05) is 30.0 Å². The fraction of sp³-hybridized carbons (Fsp3) is 0.208. The van der Waals surface area contributed by atoms with Crippen molar-refractivity contribution in [2.45, 2.75) is 29.8 Å². The molecule has 6 nitrogen and oxygen atoms in total. The molecule has 0 atom stereocenters. The monoisotopic (exact) mass is 433 g/mol. The highest BCUT2D eigenvalue weighted by atomic mass is 32.2. The molecule has 4 rings (SSSR count). The summed E-state index contributed by atoms with van der Waals surface area (Å²) in [6, 6.07) is 17.0. The number of hydrogen-bond acceptors (Lipinski definition) is 5. The maximum atomic E-state index is 13.0. The van der Waals surface area contributed by atoms with E-state index in [0.717, 1.165) is 27.5 Å². The van der Waals surface area contributed by atoms with Crippen molar-refractivity contribution in [1.82, 2.24) is 10.3 Å². The Labute approximate surface area is 185 Å². The number of aromatic nitrogens is 1. The predicted octanol–water partition coefficient (Wildman–Crippen LogP) is 4.08. The van der Waals surface area contributed by atoms with Crippen LogP contribution in [0.5, 0.6) is 5.75 Å². The second-order valence-electron chi connectivity index (χ2n) is 7.11. The molecule has 31 heavy (non-hydrogen) atoms. The normalized spacial score (nSPS) is 12.6. The van der Waals surface area contributed by atoms with Crippen molar-refractivity contribution in [2.24, 2.45) is 0 Å². The van der Waals surface area contributed by atoms with E-state index in [9.17, 15) is 9.59 Å². The van der Waals surface area contributed by atoms with Gasteiger partial charge in [0, 0.05) is 24.2 Å². The number of pyridine rings is 1. The van der Waals surface area contributed by atoms with Crippen LogP contribution >= 0.6 is 11.8 Å². The number of ether oxygens (including phenoxy) is 1. The van der Waals surface area contributed by atoms with Gasteiger partial charge in [-0.15, -0.1) is 0 Å². The number of fused-ring (bicyclic) bond motifs is 2. The van der Waals surface area contributed by atoms with E-state index < -0.39 is 0 Å². The molecule has 158 valence electrons. The highest BCUT2D eigenvalue weighted by Gasteiger charge is 2.27. The zero-order valence-corrected chi connectivity index (χ0v) is 18.2. The Morgan fingerprint density at radius 3 is 2.65 bits per heavy atom. The van der Waals surface area contributed by atoms with Gasteiger partial charge in [-0.3, -0.25) is 9.59 Å². The minimum absolute atomic E-state index is 0.0441. The highest BCUT2D eigenvalue weighted by molar-refractivity contribution is 7.99. The number of anilines is 1. The fourth-order valence-electron chi connectivity index (χ4n) is 3.47. The lowest BCUT2D eigenvalue weighted by atomic mass is 10.1. The molecule has 1 aliphatic heterocycles. The number of carbonyl (C=O) groups is 2. The molecule has 0 unspecified atom stereocenters. The van der Waals surface area contributed by atoms with Crippen LogP contribution in [0.2, 0.25) is 0 Å². The van der Waals surface area contributed by atoms with Crippen LogP contribution in [0, 0.1) is 0 Å². The summed E-state index contributed by atoms with van der Waals surface area (Å²) in [6.07, 6.45) is 2.00. The van der Waals surface area contributed by atoms with Crippen LogP contribution < -0.4 is 15.0 Å². The molecule has 1 aliphatic rings. The second-order valence-corrected chi connectivity index (χ2v) is 8.14. The number of nitrogens with one attached hydrogen (secondary N) is 1. The average molecular weight is 434 g/mol. The first-order valence-electron chi connectivity index (χ1n) is 10.1. The van der Waals surface area contributed by atoms with Gasteiger partial charge < -0.3 is 15.0 Å². The van der Waals surface area contributed by atoms with Crippen molar-refractivity contribution >= 4 is 29.3 Å². The molecule has 2 heterocycles. The summed E-state index contributed by atoms with van der Waals surface area (Å²) in [4.78, 5) is 32.4. The Morgan fingerprint density at radius 1 is 1.13 bits per heavy atom. The van der Waals surface area contributed by atoms with Crippen LogP contribution in [0.4, 0.5) is 5.69 Å². The number of benzene rings is 2. The van der Waals surface area contributed by atoms with Crippen LogP contribution in [0.3, 0.4) is 0 Å². The first kappa shape index (κ1) is 20.9. The van der Waals surface area contributed by atoms with E-state index in [1.165, 1.54) is 11.8 Å². The van der Waals surface area contributed by atoms with Crippen molar-refractivity contribution in [1.29, 1.82) is 0 Å². The molecule has 0 spiro atoms. The van der Waals surface area contributed by atoms with Crippen molar-refractivity contribution in [2.75, 3.05) is 18.6 Å². The summed E-state index contributed by atoms with van der Waals surface area (Å²) < 4.78 is 5.15. The molecule has 0 aliphatic carbocycles. The lowest BCUT2D eigenvalue weighted by Gasteiger charge is -2.21. The van der Waals surface area contributed by atoms with Crippen LogP contribution in [0.1, 0.15) is 28.4 Å². The summed E-state index contributed by atoms with van der Waals surface area (Å²) >= 11 is 1.48. The van der Waals surface area contributed by atoms with Crippen molar-refractivity contribution in [3.8, 4) is 5.75 Å². The lowest BCUT2D eigenvalue weighted by Crippen LogP contribution is -2.30.